The summed E-state index contributed by atoms with van der Waals surface area (Å²) in [6.45, 7) is -0.213. The molecule has 8 heteroatoms. The molecular formula is C23H17ClN4O3. The van der Waals surface area contributed by atoms with E-state index in [1.807, 2.05) is 0 Å². The Kier molecular flexibility index (Phi) is 5.77. The molecule has 0 radical (unpaired) electrons. The fourth-order valence-electron chi connectivity index (χ4n) is 3.13. The van der Waals surface area contributed by atoms with Crippen LogP contribution in [0.3, 0.4) is 0 Å². The minimum atomic E-state index is -0.440. The highest BCUT2D eigenvalue weighted by molar-refractivity contribution is 6.30. The Morgan fingerprint density at radius 1 is 0.903 bits per heavy atom. The molecule has 1 aromatic heterocycles. The lowest BCUT2D eigenvalue weighted by Crippen LogP contribution is -2.28. The molecule has 4 aromatic rings. The summed E-state index contributed by atoms with van der Waals surface area (Å²) in [5.41, 5.74) is 1.98. The van der Waals surface area contributed by atoms with Gasteiger partial charge in [0, 0.05) is 10.7 Å². The molecule has 3 aromatic carbocycles. The van der Waals surface area contributed by atoms with E-state index < -0.39 is 5.91 Å². The molecule has 0 saturated heterocycles. The molecule has 0 spiro atoms. The van der Waals surface area contributed by atoms with Gasteiger partial charge in [0.05, 0.1) is 28.5 Å². The van der Waals surface area contributed by atoms with Gasteiger partial charge >= 0.3 is 0 Å². The second kappa shape index (κ2) is 8.81. The van der Waals surface area contributed by atoms with Gasteiger partial charge in [0.1, 0.15) is 6.54 Å². The maximum absolute atomic E-state index is 12.7. The van der Waals surface area contributed by atoms with Crippen LogP contribution >= 0.6 is 11.6 Å². The largest absolute Gasteiger partial charge is 0.324 e. The summed E-state index contributed by atoms with van der Waals surface area (Å²) < 4.78 is 1.34. The van der Waals surface area contributed by atoms with E-state index in [0.29, 0.717) is 27.4 Å². The lowest BCUT2D eigenvalue weighted by atomic mass is 10.1. The molecule has 0 saturated carbocycles. The van der Waals surface area contributed by atoms with Crippen molar-refractivity contribution in [2.24, 2.45) is 0 Å². The second-order valence-electron chi connectivity index (χ2n) is 6.73. The van der Waals surface area contributed by atoms with Crippen molar-refractivity contribution >= 4 is 45.8 Å². The molecule has 1 heterocycles. The Morgan fingerprint density at radius 2 is 1.61 bits per heavy atom. The molecule has 0 aliphatic carbocycles. The van der Waals surface area contributed by atoms with E-state index in [2.05, 4.69) is 15.6 Å². The zero-order chi connectivity index (χ0) is 21.8. The van der Waals surface area contributed by atoms with Crippen LogP contribution in [0.25, 0.3) is 11.0 Å². The number of rotatable bonds is 5. The van der Waals surface area contributed by atoms with Gasteiger partial charge in [-0.05, 0) is 48.5 Å². The quantitative estimate of drug-likeness (QED) is 0.499. The third-order valence-corrected chi connectivity index (χ3v) is 4.85. The van der Waals surface area contributed by atoms with Crippen LogP contribution in [0.1, 0.15) is 10.4 Å². The number of halogens is 1. The Hall–Kier alpha value is -3.97. The summed E-state index contributed by atoms with van der Waals surface area (Å²) in [4.78, 5) is 41.8. The first-order chi connectivity index (χ1) is 15.0. The topological polar surface area (TPSA) is 93.1 Å². The standard InChI is InChI=1S/C23H17ClN4O3/c24-15-9-11-16(12-10-15)26-23(31)17-5-1-2-6-18(17)27-21(29)14-28-20-8-4-3-7-19(20)25-13-22(28)30/h1-13H,14H2,(H,26,31)(H,27,29). The van der Waals surface area contributed by atoms with Crippen molar-refractivity contribution in [2.75, 3.05) is 10.6 Å². The number of benzene rings is 3. The summed E-state index contributed by atoms with van der Waals surface area (Å²) in [6.07, 6.45) is 1.18. The monoisotopic (exact) mass is 432 g/mol. The SMILES string of the molecule is O=C(Cn1c(=O)cnc2ccccc21)Nc1ccccc1C(=O)Nc1ccc(Cl)cc1. The highest BCUT2D eigenvalue weighted by Gasteiger charge is 2.15. The molecule has 4 rings (SSSR count). The number of carbonyl (C=O) groups excluding carboxylic acids is 2. The zero-order valence-electron chi connectivity index (χ0n) is 16.2. The van der Waals surface area contributed by atoms with Gasteiger partial charge in [-0.1, -0.05) is 35.9 Å². The lowest BCUT2D eigenvalue weighted by molar-refractivity contribution is -0.116. The average Bonchev–Trinajstić information content (AvgIpc) is 2.77. The molecule has 7 nitrogen and oxygen atoms in total. The molecule has 0 unspecified atom stereocenters. The number of amides is 2. The van der Waals surface area contributed by atoms with Gasteiger partial charge in [0.2, 0.25) is 5.91 Å². The maximum Gasteiger partial charge on any atom is 0.269 e. The molecule has 31 heavy (non-hydrogen) atoms. The van der Waals surface area contributed by atoms with Crippen LogP contribution < -0.4 is 16.2 Å². The molecule has 0 atom stereocenters. The second-order valence-corrected chi connectivity index (χ2v) is 7.16. The highest BCUT2D eigenvalue weighted by atomic mass is 35.5. The summed E-state index contributed by atoms with van der Waals surface area (Å²) in [5.74, 6) is -0.824. The summed E-state index contributed by atoms with van der Waals surface area (Å²) >= 11 is 5.87. The molecule has 0 fully saturated rings. The smallest absolute Gasteiger partial charge is 0.269 e. The lowest BCUT2D eigenvalue weighted by Gasteiger charge is -2.13. The molecule has 0 bridgehead atoms. The number of para-hydroxylation sites is 3. The van der Waals surface area contributed by atoms with E-state index in [1.165, 1.54) is 10.8 Å². The highest BCUT2D eigenvalue weighted by Crippen LogP contribution is 2.19. The fraction of sp³-hybridized carbons (Fsp3) is 0.0435. The molecular weight excluding hydrogens is 416 g/mol. The molecule has 154 valence electrons. The predicted molar refractivity (Wildman–Crippen MR) is 120 cm³/mol. The summed E-state index contributed by atoms with van der Waals surface area (Å²) in [5, 5.41) is 6.06. The van der Waals surface area contributed by atoms with Crippen molar-refractivity contribution in [2.45, 2.75) is 6.54 Å². The van der Waals surface area contributed by atoms with Crippen molar-refractivity contribution in [3.63, 3.8) is 0 Å². The molecule has 0 aliphatic rings. The van der Waals surface area contributed by atoms with Crippen LogP contribution in [-0.4, -0.2) is 21.4 Å². The molecule has 2 N–H and O–H groups in total. The minimum Gasteiger partial charge on any atom is -0.324 e. The van der Waals surface area contributed by atoms with Crippen LogP contribution in [-0.2, 0) is 11.3 Å². The predicted octanol–water partition coefficient (Wildman–Crippen LogP) is 3.94. The van der Waals surface area contributed by atoms with Gasteiger partial charge in [0.25, 0.3) is 11.5 Å². The van der Waals surface area contributed by atoms with Gasteiger partial charge in [0.15, 0.2) is 0 Å². The third-order valence-electron chi connectivity index (χ3n) is 4.60. The normalized spacial score (nSPS) is 10.6. The van der Waals surface area contributed by atoms with Gasteiger partial charge in [-0.3, -0.25) is 19.0 Å². The van der Waals surface area contributed by atoms with E-state index in [1.54, 1.807) is 72.8 Å². The van der Waals surface area contributed by atoms with Gasteiger partial charge in [-0.15, -0.1) is 0 Å². The van der Waals surface area contributed by atoms with E-state index >= 15 is 0 Å². The number of anilines is 2. The maximum atomic E-state index is 12.7. The van der Waals surface area contributed by atoms with Crippen molar-refractivity contribution in [3.8, 4) is 0 Å². The Morgan fingerprint density at radius 3 is 2.42 bits per heavy atom. The number of aromatic nitrogens is 2. The third kappa shape index (κ3) is 4.62. The Balaban J connectivity index is 1.55. The van der Waals surface area contributed by atoms with Gasteiger partial charge in [-0.25, -0.2) is 4.98 Å². The minimum absolute atomic E-state index is 0.213. The number of nitrogens with one attached hydrogen (secondary N) is 2. The van der Waals surface area contributed by atoms with Crippen LogP contribution in [0.2, 0.25) is 5.02 Å². The van der Waals surface area contributed by atoms with Crippen molar-refractivity contribution in [1.29, 1.82) is 0 Å². The van der Waals surface area contributed by atoms with Crippen molar-refractivity contribution in [3.05, 3.63) is 99.9 Å². The number of nitrogens with zero attached hydrogens (tertiary/aromatic N) is 2. The summed E-state index contributed by atoms with van der Waals surface area (Å²) in [6, 6.07) is 20.4. The Labute approximate surface area is 182 Å². The van der Waals surface area contributed by atoms with E-state index in [4.69, 9.17) is 11.6 Å². The molecule has 0 aliphatic heterocycles. The first kappa shape index (κ1) is 20.3. The van der Waals surface area contributed by atoms with Crippen LogP contribution in [0.15, 0.2) is 83.8 Å². The number of hydrogen-bond donors (Lipinski definition) is 2. The van der Waals surface area contributed by atoms with Crippen LogP contribution in [0, 0.1) is 0 Å². The summed E-state index contributed by atoms with van der Waals surface area (Å²) in [7, 11) is 0. The van der Waals surface area contributed by atoms with Crippen LogP contribution in [0.4, 0.5) is 11.4 Å². The van der Waals surface area contributed by atoms with Crippen molar-refractivity contribution in [1.82, 2.24) is 9.55 Å². The Bertz CT molecular complexity index is 1330. The van der Waals surface area contributed by atoms with Crippen molar-refractivity contribution < 1.29 is 9.59 Å². The first-order valence-electron chi connectivity index (χ1n) is 9.41. The first-order valence-corrected chi connectivity index (χ1v) is 9.79. The van der Waals surface area contributed by atoms with Crippen LogP contribution in [0.5, 0.6) is 0 Å². The van der Waals surface area contributed by atoms with Gasteiger partial charge in [-0.2, -0.15) is 0 Å². The molecule has 2 amide bonds. The van der Waals surface area contributed by atoms with E-state index in [-0.39, 0.29) is 23.6 Å². The fourth-order valence-corrected chi connectivity index (χ4v) is 3.26. The number of hydrogen-bond acceptors (Lipinski definition) is 4. The number of fused-ring (bicyclic) bond motifs is 1. The van der Waals surface area contributed by atoms with Gasteiger partial charge < -0.3 is 10.6 Å². The number of carbonyl (C=O) groups is 2. The van der Waals surface area contributed by atoms with E-state index in [9.17, 15) is 14.4 Å². The average molecular weight is 433 g/mol. The zero-order valence-corrected chi connectivity index (χ0v) is 17.0. The van der Waals surface area contributed by atoms with E-state index in [0.717, 1.165) is 0 Å².